The molecule has 1 saturated heterocycles. The molecule has 1 aromatic carbocycles. The van der Waals surface area contributed by atoms with Crippen molar-refractivity contribution in [1.82, 2.24) is 20.0 Å². The number of carbonyl (C=O) groups excluding carboxylic acids is 2. The normalized spacial score (nSPS) is 22.4. The molecule has 0 spiro atoms. The molecule has 162 valence electrons. The van der Waals surface area contributed by atoms with Crippen molar-refractivity contribution in [2.45, 2.75) is 19.4 Å². The Bertz CT molecular complexity index is 817. The zero-order chi connectivity index (χ0) is 21.1. The zero-order valence-corrected chi connectivity index (χ0v) is 17.7. The van der Waals surface area contributed by atoms with Crippen LogP contribution in [0.2, 0.25) is 0 Å². The summed E-state index contributed by atoms with van der Waals surface area (Å²) in [4.78, 5) is 31.6. The fourth-order valence-corrected chi connectivity index (χ4v) is 4.29. The molecule has 1 N–H and O–H groups in total. The maximum absolute atomic E-state index is 13.3. The first kappa shape index (κ1) is 20.7. The van der Waals surface area contributed by atoms with Gasteiger partial charge in [-0.1, -0.05) is 12.1 Å². The van der Waals surface area contributed by atoms with Crippen molar-refractivity contribution in [3.63, 3.8) is 0 Å². The van der Waals surface area contributed by atoms with Gasteiger partial charge in [0.25, 0.3) is 5.91 Å². The van der Waals surface area contributed by atoms with Crippen LogP contribution in [0, 0.1) is 0 Å². The molecule has 3 amide bonds. The Labute approximate surface area is 177 Å². The predicted molar refractivity (Wildman–Crippen MR) is 112 cm³/mol. The largest absolute Gasteiger partial charge is 0.494 e. The monoisotopic (exact) mass is 414 g/mol. The van der Waals surface area contributed by atoms with Crippen LogP contribution in [0.1, 0.15) is 24.9 Å². The molecule has 3 aliphatic heterocycles. The highest BCUT2D eigenvalue weighted by atomic mass is 16.5. The third-order valence-corrected chi connectivity index (χ3v) is 5.97. The number of likely N-dealkylation sites (N-methyl/N-ethyl adjacent to an activating group) is 1. The van der Waals surface area contributed by atoms with E-state index in [0.717, 1.165) is 56.3 Å². The van der Waals surface area contributed by atoms with Crippen molar-refractivity contribution in [2.75, 3.05) is 59.6 Å². The van der Waals surface area contributed by atoms with E-state index in [0.29, 0.717) is 25.3 Å². The van der Waals surface area contributed by atoms with Gasteiger partial charge in [0.1, 0.15) is 5.75 Å². The molecular weight excluding hydrogens is 384 g/mol. The molecule has 1 fully saturated rings. The first-order valence-corrected chi connectivity index (χ1v) is 10.7. The number of carbonyl (C=O) groups is 2. The van der Waals surface area contributed by atoms with Gasteiger partial charge in [0.15, 0.2) is 0 Å². The molecular formula is C22H30N4O4. The van der Waals surface area contributed by atoms with Gasteiger partial charge in [-0.2, -0.15) is 0 Å². The smallest absolute Gasteiger partial charge is 0.322 e. The average Bonchev–Trinajstić information content (AvgIpc) is 3.09. The number of morpholine rings is 1. The Kier molecular flexibility index (Phi) is 6.24. The second kappa shape index (κ2) is 9.06. The first-order valence-electron chi connectivity index (χ1n) is 10.7. The maximum Gasteiger partial charge on any atom is 0.322 e. The van der Waals surface area contributed by atoms with Gasteiger partial charge in [-0.3, -0.25) is 14.6 Å². The molecule has 30 heavy (non-hydrogen) atoms. The summed E-state index contributed by atoms with van der Waals surface area (Å²) < 4.78 is 10.9. The van der Waals surface area contributed by atoms with Crippen molar-refractivity contribution in [3.05, 3.63) is 41.1 Å². The zero-order valence-electron chi connectivity index (χ0n) is 17.7. The predicted octanol–water partition coefficient (Wildman–Crippen LogP) is 1.60. The summed E-state index contributed by atoms with van der Waals surface area (Å²) in [6.07, 6.45) is 0.908. The lowest BCUT2D eigenvalue weighted by atomic mass is 9.95. The number of urea groups is 1. The van der Waals surface area contributed by atoms with Gasteiger partial charge >= 0.3 is 6.03 Å². The molecule has 0 aromatic heterocycles. The van der Waals surface area contributed by atoms with Crippen molar-refractivity contribution in [1.29, 1.82) is 0 Å². The summed E-state index contributed by atoms with van der Waals surface area (Å²) in [5.74, 6) is 0.787. The Balaban J connectivity index is 1.46. The fourth-order valence-electron chi connectivity index (χ4n) is 4.29. The Morgan fingerprint density at radius 3 is 2.57 bits per heavy atom. The minimum absolute atomic E-state index is 0.0118. The Morgan fingerprint density at radius 1 is 1.13 bits per heavy atom. The molecule has 0 unspecified atom stereocenters. The van der Waals surface area contributed by atoms with Gasteiger partial charge in [0.2, 0.25) is 0 Å². The van der Waals surface area contributed by atoms with Crippen LogP contribution in [0.3, 0.4) is 0 Å². The minimum atomic E-state index is -0.434. The van der Waals surface area contributed by atoms with Crippen molar-refractivity contribution >= 4 is 11.9 Å². The molecule has 0 aliphatic carbocycles. The highest BCUT2D eigenvalue weighted by Gasteiger charge is 2.42. The lowest BCUT2D eigenvalue weighted by molar-refractivity contribution is -0.125. The van der Waals surface area contributed by atoms with Gasteiger partial charge in [-0.15, -0.1) is 0 Å². The molecule has 3 heterocycles. The standard InChI is InChI=1S/C22H30N4O4/c1-3-30-17-7-5-16(6-8-17)20-19-18(24(2)22(28)23-20)15-26(21(19)27)10-4-9-25-11-13-29-14-12-25/h5-8,20H,3-4,9-15H2,1-2H3,(H,23,28)/t20-/m1/s1. The number of rotatable bonds is 7. The van der Waals surface area contributed by atoms with E-state index < -0.39 is 6.04 Å². The summed E-state index contributed by atoms with van der Waals surface area (Å²) in [5, 5.41) is 2.98. The Hall–Kier alpha value is -2.58. The van der Waals surface area contributed by atoms with E-state index >= 15 is 0 Å². The van der Waals surface area contributed by atoms with Gasteiger partial charge in [0, 0.05) is 33.2 Å². The second-order valence-electron chi connectivity index (χ2n) is 7.84. The van der Waals surface area contributed by atoms with Gasteiger partial charge in [0.05, 0.1) is 43.7 Å². The average molecular weight is 415 g/mol. The summed E-state index contributed by atoms with van der Waals surface area (Å²) in [6.45, 7) is 8.10. The molecule has 3 aliphatic rings. The van der Waals surface area contributed by atoms with E-state index in [9.17, 15) is 9.59 Å². The fraction of sp³-hybridized carbons (Fsp3) is 0.545. The number of nitrogens with zero attached hydrogens (tertiary/aromatic N) is 3. The van der Waals surface area contributed by atoms with E-state index in [1.54, 1.807) is 11.9 Å². The summed E-state index contributed by atoms with van der Waals surface area (Å²) in [7, 11) is 1.73. The van der Waals surface area contributed by atoms with E-state index in [-0.39, 0.29) is 11.9 Å². The molecule has 1 aromatic rings. The first-order chi connectivity index (χ1) is 14.6. The molecule has 0 saturated carbocycles. The van der Waals surface area contributed by atoms with Gasteiger partial charge in [-0.05, 0) is 31.0 Å². The van der Waals surface area contributed by atoms with E-state index in [4.69, 9.17) is 9.47 Å². The Morgan fingerprint density at radius 2 is 1.87 bits per heavy atom. The SMILES string of the molecule is CCOc1ccc([C@H]2NC(=O)N(C)C3=C2C(=O)N(CCCN2CCOCC2)C3)cc1. The van der Waals surface area contributed by atoms with Crippen molar-refractivity contribution < 1.29 is 19.1 Å². The van der Waals surface area contributed by atoms with E-state index in [2.05, 4.69) is 10.2 Å². The molecule has 8 heteroatoms. The van der Waals surface area contributed by atoms with Gasteiger partial charge in [-0.25, -0.2) is 4.79 Å². The topological polar surface area (TPSA) is 74.4 Å². The molecule has 4 rings (SSSR count). The van der Waals surface area contributed by atoms with Crippen LogP contribution in [0.15, 0.2) is 35.5 Å². The summed E-state index contributed by atoms with van der Waals surface area (Å²) >= 11 is 0. The number of benzene rings is 1. The van der Waals surface area contributed by atoms with Crippen LogP contribution < -0.4 is 10.1 Å². The minimum Gasteiger partial charge on any atom is -0.494 e. The lowest BCUT2D eigenvalue weighted by Gasteiger charge is -2.31. The number of ether oxygens (including phenoxy) is 2. The third-order valence-electron chi connectivity index (χ3n) is 5.97. The highest BCUT2D eigenvalue weighted by Crippen LogP contribution is 2.36. The van der Waals surface area contributed by atoms with Crippen LogP contribution in [-0.4, -0.2) is 86.2 Å². The van der Waals surface area contributed by atoms with Gasteiger partial charge < -0.3 is 19.7 Å². The molecule has 0 radical (unpaired) electrons. The van der Waals surface area contributed by atoms with Crippen molar-refractivity contribution in [3.8, 4) is 5.75 Å². The second-order valence-corrected chi connectivity index (χ2v) is 7.84. The molecule has 0 bridgehead atoms. The third kappa shape index (κ3) is 4.15. The van der Waals surface area contributed by atoms with Crippen LogP contribution >= 0.6 is 0 Å². The van der Waals surface area contributed by atoms with Crippen LogP contribution in [0.25, 0.3) is 0 Å². The quantitative estimate of drug-likeness (QED) is 0.734. The number of hydrogen-bond donors (Lipinski definition) is 1. The van der Waals surface area contributed by atoms with Crippen LogP contribution in [0.4, 0.5) is 4.79 Å². The van der Waals surface area contributed by atoms with E-state index in [1.807, 2.05) is 36.1 Å². The summed E-state index contributed by atoms with van der Waals surface area (Å²) in [5.41, 5.74) is 2.36. The number of amides is 3. The lowest BCUT2D eigenvalue weighted by Crippen LogP contribution is -2.45. The molecule has 1 atom stereocenters. The highest BCUT2D eigenvalue weighted by molar-refractivity contribution is 6.01. The number of hydrogen-bond acceptors (Lipinski definition) is 5. The summed E-state index contributed by atoms with van der Waals surface area (Å²) in [6, 6.07) is 6.97. The molecule has 8 nitrogen and oxygen atoms in total. The van der Waals surface area contributed by atoms with Crippen LogP contribution in [0.5, 0.6) is 5.75 Å². The van der Waals surface area contributed by atoms with E-state index in [1.165, 1.54) is 0 Å². The van der Waals surface area contributed by atoms with Crippen LogP contribution in [-0.2, 0) is 9.53 Å². The number of nitrogens with one attached hydrogen (secondary N) is 1. The maximum atomic E-state index is 13.3. The van der Waals surface area contributed by atoms with Crippen molar-refractivity contribution in [2.24, 2.45) is 0 Å².